The molecule has 0 aromatic heterocycles. The molecule has 4 atom stereocenters. The summed E-state index contributed by atoms with van der Waals surface area (Å²) < 4.78 is 6.01. The number of amides is 3. The first-order valence-corrected chi connectivity index (χ1v) is 14.5. The summed E-state index contributed by atoms with van der Waals surface area (Å²) in [5, 5.41) is 10.9. The normalized spacial score (nSPS) is 27.1. The van der Waals surface area contributed by atoms with Crippen LogP contribution >= 0.6 is 11.8 Å². The minimum Gasteiger partial charge on any atom is -0.457 e. The molecule has 3 amide bonds. The predicted molar refractivity (Wildman–Crippen MR) is 150 cm³/mol. The van der Waals surface area contributed by atoms with Crippen molar-refractivity contribution in [3.8, 4) is 11.5 Å². The number of ether oxygens (including phenoxy) is 1. The lowest BCUT2D eigenvalue weighted by molar-refractivity contribution is -0.125. The van der Waals surface area contributed by atoms with Crippen molar-refractivity contribution in [3.63, 3.8) is 0 Å². The van der Waals surface area contributed by atoms with Crippen LogP contribution in [-0.4, -0.2) is 54.4 Å². The Morgan fingerprint density at radius 1 is 1.16 bits per heavy atom. The smallest absolute Gasteiger partial charge is 0.326 e. The lowest BCUT2D eigenvalue weighted by atomic mass is 9.86. The minimum absolute atomic E-state index is 0.0109. The second-order valence-corrected chi connectivity index (χ2v) is 11.7. The molecule has 38 heavy (non-hydrogen) atoms. The number of anilines is 1. The van der Waals surface area contributed by atoms with Gasteiger partial charge in [0.15, 0.2) is 0 Å². The van der Waals surface area contributed by atoms with Crippen LogP contribution in [0.5, 0.6) is 11.5 Å². The number of hydrogen-bond acceptors (Lipinski definition) is 6. The fraction of sp³-hybridized carbons (Fsp3) is 0.448. The summed E-state index contributed by atoms with van der Waals surface area (Å²) in [5.74, 6) is 1.65. The zero-order chi connectivity index (χ0) is 26.2. The van der Waals surface area contributed by atoms with Gasteiger partial charge in [0.2, 0.25) is 5.91 Å². The second-order valence-electron chi connectivity index (χ2n) is 10.5. The number of thioether (sulfide) groups is 1. The summed E-state index contributed by atoms with van der Waals surface area (Å²) in [6.45, 7) is 7.80. The Bertz CT molecular complexity index is 1250. The van der Waals surface area contributed by atoms with Gasteiger partial charge in [-0.15, -0.1) is 0 Å². The number of aryl methyl sites for hydroxylation is 1. The van der Waals surface area contributed by atoms with Crippen molar-refractivity contribution >= 4 is 29.4 Å². The number of piperidine rings is 2. The molecule has 9 heteroatoms. The van der Waals surface area contributed by atoms with Crippen LogP contribution in [0.25, 0.3) is 0 Å². The molecule has 2 aromatic carbocycles. The van der Waals surface area contributed by atoms with Crippen molar-refractivity contribution < 1.29 is 14.3 Å². The Labute approximate surface area is 228 Å². The van der Waals surface area contributed by atoms with E-state index < -0.39 is 0 Å². The largest absolute Gasteiger partial charge is 0.457 e. The molecule has 0 radical (unpaired) electrons. The fourth-order valence-electron chi connectivity index (χ4n) is 6.18. The standard InChI is InChI=1S/C29H35N5O3S/c1-3-33-15-7-8-19(17-33)26(35)32-28-25-24-23(13-14-30-27(24)38-28)34(29(36)31-25)22-12-11-21(16-18(22)2)37-20-9-5-4-6-10-20/h4-6,9-12,16,19,23-24,27,30H,3,7-8,13-15,17H2,1-2H3,(H,31,36)(H,32,35). The molecule has 4 aliphatic heterocycles. The van der Waals surface area contributed by atoms with E-state index in [1.165, 1.54) is 0 Å². The number of carbonyl (C=O) groups is 2. The molecule has 3 saturated heterocycles. The Hall–Kier alpha value is -3.01. The quantitative estimate of drug-likeness (QED) is 0.511. The molecule has 4 unspecified atom stereocenters. The summed E-state index contributed by atoms with van der Waals surface area (Å²) in [7, 11) is 0. The molecular formula is C29H35N5O3S. The minimum atomic E-state index is -0.147. The molecule has 200 valence electrons. The van der Waals surface area contributed by atoms with E-state index in [1.54, 1.807) is 11.8 Å². The van der Waals surface area contributed by atoms with E-state index in [1.807, 2.05) is 60.4 Å². The third kappa shape index (κ3) is 4.79. The van der Waals surface area contributed by atoms with Crippen LogP contribution in [-0.2, 0) is 4.79 Å². The van der Waals surface area contributed by atoms with Gasteiger partial charge in [-0.2, -0.15) is 0 Å². The fourth-order valence-corrected chi connectivity index (χ4v) is 7.57. The average Bonchev–Trinajstić information content (AvgIpc) is 3.28. The number of hydrogen-bond donors (Lipinski definition) is 3. The van der Waals surface area contributed by atoms with Crippen LogP contribution in [0.4, 0.5) is 10.5 Å². The van der Waals surface area contributed by atoms with Gasteiger partial charge < -0.3 is 25.6 Å². The molecular weight excluding hydrogens is 498 g/mol. The number of rotatable bonds is 6. The van der Waals surface area contributed by atoms with Gasteiger partial charge in [0.25, 0.3) is 0 Å². The molecule has 3 fully saturated rings. The summed E-state index contributed by atoms with van der Waals surface area (Å²) in [4.78, 5) is 31.0. The maximum absolute atomic E-state index is 13.6. The third-order valence-electron chi connectivity index (χ3n) is 8.11. The maximum Gasteiger partial charge on any atom is 0.326 e. The molecule has 3 N–H and O–H groups in total. The van der Waals surface area contributed by atoms with Gasteiger partial charge in [-0.1, -0.05) is 36.9 Å². The van der Waals surface area contributed by atoms with E-state index in [-0.39, 0.29) is 35.2 Å². The van der Waals surface area contributed by atoms with Gasteiger partial charge in [0.1, 0.15) is 11.5 Å². The Morgan fingerprint density at radius 3 is 2.79 bits per heavy atom. The average molecular weight is 534 g/mol. The summed E-state index contributed by atoms with van der Waals surface area (Å²) in [6, 6.07) is 15.4. The molecule has 4 heterocycles. The van der Waals surface area contributed by atoms with Crippen LogP contribution < -0.4 is 25.6 Å². The van der Waals surface area contributed by atoms with Crippen molar-refractivity contribution in [3.05, 3.63) is 64.8 Å². The molecule has 0 aliphatic carbocycles. The Balaban J connectivity index is 1.22. The summed E-state index contributed by atoms with van der Waals surface area (Å²) in [5.41, 5.74) is 2.72. The topological polar surface area (TPSA) is 85.9 Å². The van der Waals surface area contributed by atoms with Gasteiger partial charge in [-0.05, 0) is 81.7 Å². The highest BCUT2D eigenvalue weighted by molar-refractivity contribution is 8.03. The van der Waals surface area contributed by atoms with Gasteiger partial charge in [-0.25, -0.2) is 4.79 Å². The maximum atomic E-state index is 13.6. The monoisotopic (exact) mass is 533 g/mol. The van der Waals surface area contributed by atoms with Crippen LogP contribution in [0.3, 0.4) is 0 Å². The SMILES string of the molecule is CCN1CCCC(C(=O)NC2=C3NC(=O)N(c4ccc(Oc5ccccc5)cc4C)C4CCNC(S2)C34)C1. The predicted octanol–water partition coefficient (Wildman–Crippen LogP) is 4.39. The number of benzene rings is 2. The van der Waals surface area contributed by atoms with Crippen molar-refractivity contribution in [2.75, 3.05) is 31.1 Å². The first kappa shape index (κ1) is 25.3. The molecule has 0 saturated carbocycles. The van der Waals surface area contributed by atoms with E-state index in [0.717, 1.165) is 78.9 Å². The number of likely N-dealkylation sites (tertiary alicyclic amines) is 1. The van der Waals surface area contributed by atoms with E-state index in [9.17, 15) is 9.59 Å². The van der Waals surface area contributed by atoms with Crippen LogP contribution in [0.15, 0.2) is 59.3 Å². The van der Waals surface area contributed by atoms with Gasteiger partial charge in [-0.3, -0.25) is 9.69 Å². The van der Waals surface area contributed by atoms with Crippen molar-refractivity contribution in [1.82, 2.24) is 20.9 Å². The van der Waals surface area contributed by atoms with Crippen molar-refractivity contribution in [2.24, 2.45) is 11.8 Å². The number of nitrogens with one attached hydrogen (secondary N) is 3. The van der Waals surface area contributed by atoms with E-state index in [2.05, 4.69) is 27.8 Å². The van der Waals surface area contributed by atoms with Gasteiger partial charge >= 0.3 is 6.03 Å². The van der Waals surface area contributed by atoms with Crippen LogP contribution in [0.2, 0.25) is 0 Å². The Morgan fingerprint density at radius 2 is 2.00 bits per heavy atom. The highest BCUT2D eigenvalue weighted by Crippen LogP contribution is 2.47. The lowest BCUT2D eigenvalue weighted by Gasteiger charge is -2.46. The highest BCUT2D eigenvalue weighted by Gasteiger charge is 2.51. The first-order valence-electron chi connectivity index (χ1n) is 13.6. The van der Waals surface area contributed by atoms with Crippen LogP contribution in [0, 0.1) is 18.8 Å². The third-order valence-corrected chi connectivity index (χ3v) is 9.38. The molecule has 0 bridgehead atoms. The van der Waals surface area contributed by atoms with Gasteiger partial charge in [0, 0.05) is 18.2 Å². The second kappa shape index (κ2) is 10.6. The molecule has 0 spiro atoms. The first-order chi connectivity index (χ1) is 18.5. The summed E-state index contributed by atoms with van der Waals surface area (Å²) >= 11 is 1.64. The molecule has 2 aromatic rings. The van der Waals surface area contributed by atoms with Crippen molar-refractivity contribution in [1.29, 1.82) is 0 Å². The van der Waals surface area contributed by atoms with E-state index >= 15 is 0 Å². The molecule has 4 aliphatic rings. The number of nitrogens with zero attached hydrogens (tertiary/aromatic N) is 2. The van der Waals surface area contributed by atoms with Crippen LogP contribution in [0.1, 0.15) is 31.7 Å². The molecule has 6 rings (SSSR count). The summed E-state index contributed by atoms with van der Waals surface area (Å²) in [6.07, 6.45) is 2.79. The highest BCUT2D eigenvalue weighted by atomic mass is 32.2. The van der Waals surface area contributed by atoms with E-state index in [0.29, 0.717) is 0 Å². The zero-order valence-electron chi connectivity index (χ0n) is 21.9. The number of para-hydroxylation sites is 1. The molecule has 8 nitrogen and oxygen atoms in total. The number of carbonyl (C=O) groups excluding carboxylic acids is 2. The Kier molecular flexibility index (Phi) is 7.07. The van der Waals surface area contributed by atoms with Crippen molar-refractivity contribution in [2.45, 2.75) is 44.5 Å². The number of urea groups is 1. The van der Waals surface area contributed by atoms with E-state index in [4.69, 9.17) is 4.74 Å². The van der Waals surface area contributed by atoms with Gasteiger partial charge in [0.05, 0.1) is 28.1 Å². The lowest BCUT2D eigenvalue weighted by Crippen LogP contribution is -2.62. The zero-order valence-corrected chi connectivity index (χ0v) is 22.7.